The Balaban J connectivity index is 1.15. The summed E-state index contributed by atoms with van der Waals surface area (Å²) in [7, 11) is 0. The van der Waals surface area contributed by atoms with Gasteiger partial charge in [-0.1, -0.05) is 115 Å². The standard InChI is InChI=1S/C41H25N3O2/c1-2-8-26(9-3-1)27-14-18-29(19-15-27)39-42-40(30-20-16-28(17-21-30)38-25-31-10-4-6-12-35(31)45-38)44-41(43-39)32-22-23-37-34(24-32)33-11-5-7-13-36(33)46-37/h1-25H. The Morgan fingerprint density at radius 1 is 0.326 bits per heavy atom. The van der Waals surface area contributed by atoms with Gasteiger partial charge < -0.3 is 8.83 Å². The molecule has 0 aliphatic rings. The van der Waals surface area contributed by atoms with E-state index in [4.69, 9.17) is 23.8 Å². The molecule has 0 fully saturated rings. The van der Waals surface area contributed by atoms with E-state index in [1.54, 1.807) is 0 Å². The zero-order valence-corrected chi connectivity index (χ0v) is 24.6. The third-order valence-electron chi connectivity index (χ3n) is 8.37. The third kappa shape index (κ3) is 4.62. The van der Waals surface area contributed by atoms with Gasteiger partial charge in [0.25, 0.3) is 0 Å². The van der Waals surface area contributed by atoms with Crippen molar-refractivity contribution in [2.45, 2.75) is 0 Å². The second-order valence-electron chi connectivity index (χ2n) is 11.3. The Bertz CT molecular complexity index is 2480. The van der Waals surface area contributed by atoms with Crippen LogP contribution in [0.3, 0.4) is 0 Å². The van der Waals surface area contributed by atoms with E-state index >= 15 is 0 Å². The predicted octanol–water partition coefficient (Wildman–Crippen LogP) is 10.9. The minimum atomic E-state index is 0.598. The van der Waals surface area contributed by atoms with Crippen LogP contribution < -0.4 is 0 Å². The SMILES string of the molecule is c1ccc(-c2ccc(-c3nc(-c4ccc(-c5cc6ccccc6o5)cc4)nc(-c4ccc5oc6ccccc6c5c4)n3)cc2)cc1. The number of rotatable bonds is 5. The lowest BCUT2D eigenvalue weighted by atomic mass is 10.0. The lowest BCUT2D eigenvalue weighted by Crippen LogP contribution is -2.00. The van der Waals surface area contributed by atoms with Crippen LogP contribution in [0.1, 0.15) is 0 Å². The van der Waals surface area contributed by atoms with Gasteiger partial charge in [-0.3, -0.25) is 0 Å². The summed E-state index contributed by atoms with van der Waals surface area (Å²) in [6, 6.07) is 51.2. The van der Waals surface area contributed by atoms with Gasteiger partial charge in [-0.25, -0.2) is 15.0 Å². The normalized spacial score (nSPS) is 11.5. The van der Waals surface area contributed by atoms with Crippen molar-refractivity contribution < 1.29 is 8.83 Å². The van der Waals surface area contributed by atoms with Crippen LogP contribution in [0.4, 0.5) is 0 Å². The molecular weight excluding hydrogens is 566 g/mol. The summed E-state index contributed by atoms with van der Waals surface area (Å²) in [6.45, 7) is 0. The number of furan rings is 2. The number of nitrogens with zero attached hydrogens (tertiary/aromatic N) is 3. The fourth-order valence-corrected chi connectivity index (χ4v) is 5.98. The minimum absolute atomic E-state index is 0.598. The largest absolute Gasteiger partial charge is 0.456 e. The average Bonchev–Trinajstić information content (AvgIpc) is 3.74. The summed E-state index contributed by atoms with van der Waals surface area (Å²) < 4.78 is 12.2. The van der Waals surface area contributed by atoms with E-state index in [0.29, 0.717) is 17.5 Å². The molecule has 0 unspecified atom stereocenters. The monoisotopic (exact) mass is 591 g/mol. The molecule has 3 aromatic heterocycles. The maximum absolute atomic E-state index is 6.11. The van der Waals surface area contributed by atoms with Gasteiger partial charge in [-0.2, -0.15) is 0 Å². The molecule has 0 radical (unpaired) electrons. The number of benzene rings is 6. The summed E-state index contributed by atoms with van der Waals surface area (Å²) in [4.78, 5) is 15.0. The van der Waals surface area contributed by atoms with E-state index in [-0.39, 0.29) is 0 Å². The number of hydrogen-bond donors (Lipinski definition) is 0. The van der Waals surface area contributed by atoms with Crippen LogP contribution in [0, 0.1) is 0 Å². The Morgan fingerprint density at radius 3 is 1.57 bits per heavy atom. The Morgan fingerprint density at radius 2 is 0.848 bits per heavy atom. The van der Waals surface area contributed by atoms with E-state index in [2.05, 4.69) is 72.8 Å². The number of aromatic nitrogens is 3. The highest BCUT2D eigenvalue weighted by Crippen LogP contribution is 2.34. The van der Waals surface area contributed by atoms with Gasteiger partial charge in [0.15, 0.2) is 17.5 Å². The quantitative estimate of drug-likeness (QED) is 0.199. The Kier molecular flexibility index (Phi) is 6.06. The minimum Gasteiger partial charge on any atom is -0.456 e. The topological polar surface area (TPSA) is 65.0 Å². The fourth-order valence-electron chi connectivity index (χ4n) is 5.98. The lowest BCUT2D eigenvalue weighted by molar-refractivity contribution is 0.631. The first-order chi connectivity index (χ1) is 22.7. The van der Waals surface area contributed by atoms with E-state index < -0.39 is 0 Å². The van der Waals surface area contributed by atoms with Crippen molar-refractivity contribution in [3.05, 3.63) is 152 Å². The Labute approximate surface area is 264 Å². The van der Waals surface area contributed by atoms with Gasteiger partial charge in [0.2, 0.25) is 0 Å². The van der Waals surface area contributed by atoms with E-state index in [9.17, 15) is 0 Å². The van der Waals surface area contributed by atoms with Gasteiger partial charge in [0.1, 0.15) is 22.5 Å². The van der Waals surface area contributed by atoms with Crippen molar-refractivity contribution in [1.82, 2.24) is 15.0 Å². The molecule has 216 valence electrons. The summed E-state index contributed by atoms with van der Waals surface area (Å²) in [6.07, 6.45) is 0. The molecule has 9 rings (SSSR count). The van der Waals surface area contributed by atoms with Crippen LogP contribution in [0.2, 0.25) is 0 Å². The second-order valence-corrected chi connectivity index (χ2v) is 11.3. The molecule has 0 aliphatic carbocycles. The van der Waals surface area contributed by atoms with Gasteiger partial charge >= 0.3 is 0 Å². The van der Waals surface area contributed by atoms with E-state index in [0.717, 1.165) is 72.0 Å². The molecule has 0 bridgehead atoms. The second kappa shape index (κ2) is 10.7. The van der Waals surface area contributed by atoms with Crippen molar-refractivity contribution in [2.24, 2.45) is 0 Å². The number of hydrogen-bond acceptors (Lipinski definition) is 5. The molecule has 0 atom stereocenters. The highest BCUT2D eigenvalue weighted by molar-refractivity contribution is 6.06. The van der Waals surface area contributed by atoms with Gasteiger partial charge in [0, 0.05) is 38.4 Å². The van der Waals surface area contributed by atoms with E-state index in [1.165, 1.54) is 0 Å². The average molecular weight is 592 g/mol. The van der Waals surface area contributed by atoms with Crippen LogP contribution in [0.25, 0.3) is 89.5 Å². The number of fused-ring (bicyclic) bond motifs is 4. The zero-order valence-electron chi connectivity index (χ0n) is 24.6. The van der Waals surface area contributed by atoms with Crippen LogP contribution >= 0.6 is 0 Å². The summed E-state index contributed by atoms with van der Waals surface area (Å²) in [5, 5.41) is 3.17. The van der Waals surface area contributed by atoms with Crippen LogP contribution in [-0.2, 0) is 0 Å². The molecule has 3 heterocycles. The molecule has 5 heteroatoms. The number of para-hydroxylation sites is 2. The highest BCUT2D eigenvalue weighted by Gasteiger charge is 2.15. The molecule has 9 aromatic rings. The molecule has 0 amide bonds. The van der Waals surface area contributed by atoms with Crippen LogP contribution in [-0.4, -0.2) is 15.0 Å². The highest BCUT2D eigenvalue weighted by atomic mass is 16.3. The maximum atomic E-state index is 6.11. The summed E-state index contributed by atoms with van der Waals surface area (Å²) in [5.41, 5.74) is 8.54. The molecular formula is C41H25N3O2. The molecule has 46 heavy (non-hydrogen) atoms. The Hall–Kier alpha value is -6.33. The molecule has 0 saturated heterocycles. The van der Waals surface area contributed by atoms with Gasteiger partial charge in [-0.15, -0.1) is 0 Å². The molecule has 0 N–H and O–H groups in total. The molecule has 5 nitrogen and oxygen atoms in total. The molecule has 0 saturated carbocycles. The van der Waals surface area contributed by atoms with Crippen molar-refractivity contribution in [3.8, 4) is 56.6 Å². The van der Waals surface area contributed by atoms with Gasteiger partial charge in [-0.05, 0) is 47.5 Å². The van der Waals surface area contributed by atoms with Crippen molar-refractivity contribution >= 4 is 32.9 Å². The van der Waals surface area contributed by atoms with Crippen molar-refractivity contribution in [3.63, 3.8) is 0 Å². The van der Waals surface area contributed by atoms with Crippen molar-refractivity contribution in [2.75, 3.05) is 0 Å². The predicted molar refractivity (Wildman–Crippen MR) is 184 cm³/mol. The first kappa shape index (κ1) is 26.1. The van der Waals surface area contributed by atoms with Crippen LogP contribution in [0.5, 0.6) is 0 Å². The van der Waals surface area contributed by atoms with Crippen LogP contribution in [0.15, 0.2) is 160 Å². The first-order valence-electron chi connectivity index (χ1n) is 15.2. The lowest BCUT2D eigenvalue weighted by Gasteiger charge is -2.10. The summed E-state index contributed by atoms with van der Waals surface area (Å²) >= 11 is 0. The molecule has 6 aromatic carbocycles. The smallest absolute Gasteiger partial charge is 0.164 e. The fraction of sp³-hybridized carbons (Fsp3) is 0. The third-order valence-corrected chi connectivity index (χ3v) is 8.37. The van der Waals surface area contributed by atoms with Crippen molar-refractivity contribution in [1.29, 1.82) is 0 Å². The first-order valence-corrected chi connectivity index (χ1v) is 15.2. The van der Waals surface area contributed by atoms with Gasteiger partial charge in [0.05, 0.1) is 0 Å². The zero-order chi connectivity index (χ0) is 30.5. The molecule has 0 aliphatic heterocycles. The molecule has 0 spiro atoms. The maximum Gasteiger partial charge on any atom is 0.164 e. The summed E-state index contributed by atoms with van der Waals surface area (Å²) in [5.74, 6) is 2.63. The van der Waals surface area contributed by atoms with E-state index in [1.807, 2.05) is 78.9 Å².